The lowest BCUT2D eigenvalue weighted by Gasteiger charge is -2.43. The van der Waals surface area contributed by atoms with Crippen molar-refractivity contribution in [3.05, 3.63) is 0 Å². The van der Waals surface area contributed by atoms with Crippen molar-refractivity contribution in [1.29, 1.82) is 0 Å². The van der Waals surface area contributed by atoms with Crippen molar-refractivity contribution in [1.82, 2.24) is 0 Å². The van der Waals surface area contributed by atoms with Crippen LogP contribution in [-0.4, -0.2) is 61.6 Å². The van der Waals surface area contributed by atoms with Crippen molar-refractivity contribution in [2.75, 3.05) is 0 Å². The van der Waals surface area contributed by atoms with Crippen LogP contribution in [0.1, 0.15) is 62.3 Å². The highest BCUT2D eigenvalue weighted by atomic mass is 28.4. The Morgan fingerprint density at radius 3 is 1.45 bits per heavy atom. The van der Waals surface area contributed by atoms with Gasteiger partial charge in [0.15, 0.2) is 43.5 Å². The van der Waals surface area contributed by atoms with Crippen molar-refractivity contribution in [3.8, 4) is 0 Å². The lowest BCUT2D eigenvalue weighted by Crippen LogP contribution is -2.53. The highest BCUT2D eigenvalue weighted by Crippen LogP contribution is 2.47. The second-order valence-corrected chi connectivity index (χ2v) is 28.7. The largest absolute Gasteiger partial charge is 0.455 e. The van der Waals surface area contributed by atoms with E-state index >= 15 is 0 Å². The molecule has 5 atom stereocenters. The SMILES string of the molecule is CC(C)(C)[Si](C)(C)O[C@@H]1O[C@H]2[C@H](OC(=O)[C@H]2O[Si](C)(C)C(C)(C)C)[C@H]1O[Si](C)(C)C(C)(C)C. The molecular formula is C24H50O6Si3. The zero-order chi connectivity index (χ0) is 26.0. The molecule has 2 fully saturated rings. The molecule has 0 aliphatic carbocycles. The quantitative estimate of drug-likeness (QED) is 0.298. The zero-order valence-corrected chi connectivity index (χ0v) is 26.8. The first kappa shape index (κ1) is 29.2. The summed E-state index contributed by atoms with van der Waals surface area (Å²) in [5.74, 6) is -0.343. The summed E-state index contributed by atoms with van der Waals surface area (Å²) in [6.45, 7) is 32.9. The van der Waals surface area contributed by atoms with Crippen LogP contribution in [0.3, 0.4) is 0 Å². The van der Waals surface area contributed by atoms with Gasteiger partial charge in [-0.2, -0.15) is 0 Å². The number of carbonyl (C=O) groups is 1. The summed E-state index contributed by atoms with van der Waals surface area (Å²) >= 11 is 0. The van der Waals surface area contributed by atoms with Gasteiger partial charge in [0.25, 0.3) is 0 Å². The summed E-state index contributed by atoms with van der Waals surface area (Å²) in [5.41, 5.74) is 0. The number of fused-ring (bicyclic) bond motifs is 1. The number of rotatable bonds is 6. The minimum absolute atomic E-state index is 0.00621. The maximum absolute atomic E-state index is 13.0. The normalized spacial score (nSPS) is 29.9. The van der Waals surface area contributed by atoms with Gasteiger partial charge in [0.05, 0.1) is 0 Å². The maximum Gasteiger partial charge on any atom is 0.337 e. The van der Waals surface area contributed by atoms with Crippen LogP contribution in [0.2, 0.25) is 54.4 Å². The zero-order valence-electron chi connectivity index (χ0n) is 23.8. The van der Waals surface area contributed by atoms with Gasteiger partial charge >= 0.3 is 5.97 Å². The molecule has 194 valence electrons. The Hall–Kier alpha value is -0.0394. The molecule has 2 aliphatic rings. The van der Waals surface area contributed by atoms with E-state index in [0.717, 1.165) is 0 Å². The highest BCUT2D eigenvalue weighted by Gasteiger charge is 2.62. The Morgan fingerprint density at radius 1 is 0.636 bits per heavy atom. The summed E-state index contributed by atoms with van der Waals surface area (Å²) in [7, 11) is -6.55. The Labute approximate surface area is 205 Å². The number of hydrogen-bond donors (Lipinski definition) is 0. The van der Waals surface area contributed by atoms with Gasteiger partial charge in [-0.3, -0.25) is 0 Å². The third-order valence-corrected chi connectivity index (χ3v) is 22.0. The van der Waals surface area contributed by atoms with E-state index in [0.29, 0.717) is 0 Å². The monoisotopic (exact) mass is 518 g/mol. The molecule has 2 rings (SSSR count). The molecule has 2 aliphatic heterocycles. The van der Waals surface area contributed by atoms with E-state index in [2.05, 4.69) is 102 Å². The van der Waals surface area contributed by atoms with Crippen LogP contribution >= 0.6 is 0 Å². The molecule has 2 saturated heterocycles. The first-order chi connectivity index (χ1) is 14.4. The summed E-state index contributed by atoms with van der Waals surface area (Å²) in [6.07, 6.45) is -2.81. The van der Waals surface area contributed by atoms with E-state index in [-0.39, 0.29) is 21.1 Å². The van der Waals surface area contributed by atoms with Gasteiger partial charge in [-0.25, -0.2) is 4.79 Å². The van der Waals surface area contributed by atoms with E-state index in [4.69, 9.17) is 22.8 Å². The minimum Gasteiger partial charge on any atom is -0.455 e. The Morgan fingerprint density at radius 2 is 1.03 bits per heavy atom. The fraction of sp³-hybridized carbons (Fsp3) is 0.958. The van der Waals surface area contributed by atoms with Crippen molar-refractivity contribution in [2.24, 2.45) is 0 Å². The summed E-state index contributed by atoms with van der Waals surface area (Å²) in [6, 6.07) is 0. The number of hydrogen-bond acceptors (Lipinski definition) is 6. The predicted octanol–water partition coefficient (Wildman–Crippen LogP) is 6.44. The average Bonchev–Trinajstić information content (AvgIpc) is 3.01. The van der Waals surface area contributed by atoms with E-state index in [9.17, 15) is 4.79 Å². The fourth-order valence-corrected chi connectivity index (χ4v) is 6.80. The number of ether oxygens (including phenoxy) is 2. The van der Waals surface area contributed by atoms with Crippen LogP contribution in [0.4, 0.5) is 0 Å². The summed E-state index contributed by atoms with van der Waals surface area (Å²) in [4.78, 5) is 13.0. The predicted molar refractivity (Wildman–Crippen MR) is 141 cm³/mol. The molecule has 0 aromatic rings. The molecule has 0 saturated carbocycles. The van der Waals surface area contributed by atoms with E-state index < -0.39 is 55.7 Å². The van der Waals surface area contributed by atoms with Crippen molar-refractivity contribution < 1.29 is 27.5 Å². The average molecular weight is 519 g/mol. The van der Waals surface area contributed by atoms with Crippen LogP contribution in [-0.2, 0) is 27.5 Å². The molecule has 6 nitrogen and oxygen atoms in total. The van der Waals surface area contributed by atoms with Gasteiger partial charge in [0.1, 0.15) is 12.2 Å². The van der Waals surface area contributed by atoms with Crippen molar-refractivity contribution >= 4 is 30.9 Å². The van der Waals surface area contributed by atoms with E-state index in [1.807, 2.05) is 0 Å². The second-order valence-electron chi connectivity index (χ2n) is 14.4. The number of esters is 1. The van der Waals surface area contributed by atoms with Crippen LogP contribution in [0.25, 0.3) is 0 Å². The van der Waals surface area contributed by atoms with Crippen LogP contribution < -0.4 is 0 Å². The van der Waals surface area contributed by atoms with Crippen LogP contribution in [0.15, 0.2) is 0 Å². The molecule has 33 heavy (non-hydrogen) atoms. The highest BCUT2D eigenvalue weighted by molar-refractivity contribution is 6.75. The molecule has 0 aromatic carbocycles. The molecule has 0 bridgehead atoms. The molecule has 0 amide bonds. The maximum atomic E-state index is 13.0. The van der Waals surface area contributed by atoms with Crippen molar-refractivity contribution in [3.63, 3.8) is 0 Å². The molecule has 0 unspecified atom stereocenters. The van der Waals surface area contributed by atoms with Gasteiger partial charge in [-0.05, 0) is 54.4 Å². The molecule has 2 heterocycles. The first-order valence-corrected chi connectivity index (χ1v) is 21.0. The van der Waals surface area contributed by atoms with Gasteiger partial charge in [-0.1, -0.05) is 62.3 Å². The second kappa shape index (κ2) is 8.81. The van der Waals surface area contributed by atoms with Gasteiger partial charge in [0, 0.05) is 0 Å². The van der Waals surface area contributed by atoms with Gasteiger partial charge < -0.3 is 22.8 Å². The van der Waals surface area contributed by atoms with Gasteiger partial charge in [0.2, 0.25) is 0 Å². The topological polar surface area (TPSA) is 63.2 Å². The Balaban J connectivity index is 2.40. The third-order valence-electron chi connectivity index (χ3n) is 8.67. The first-order valence-electron chi connectivity index (χ1n) is 12.3. The van der Waals surface area contributed by atoms with Crippen molar-refractivity contribution in [2.45, 2.75) is 147 Å². The third kappa shape index (κ3) is 5.86. The molecule has 0 aromatic heterocycles. The van der Waals surface area contributed by atoms with E-state index in [1.165, 1.54) is 0 Å². The fourth-order valence-electron chi connectivity index (χ4n) is 3.18. The number of carbonyl (C=O) groups excluding carboxylic acids is 1. The van der Waals surface area contributed by atoms with E-state index in [1.54, 1.807) is 0 Å². The molecule has 0 radical (unpaired) electrons. The summed E-state index contributed by atoms with van der Waals surface area (Å²) in [5, 5.41) is -0.00633. The Bertz CT molecular complexity index is 730. The molecule has 0 spiro atoms. The Kier molecular flexibility index (Phi) is 7.80. The van der Waals surface area contributed by atoms with Crippen LogP contribution in [0, 0.1) is 0 Å². The minimum atomic E-state index is -2.21. The summed E-state index contributed by atoms with van der Waals surface area (Å²) < 4.78 is 32.5. The molecular weight excluding hydrogens is 469 g/mol. The molecule has 9 heteroatoms. The van der Waals surface area contributed by atoms with Gasteiger partial charge in [-0.15, -0.1) is 0 Å². The molecule has 0 N–H and O–H groups in total. The smallest absolute Gasteiger partial charge is 0.337 e. The lowest BCUT2D eigenvalue weighted by molar-refractivity contribution is -0.162. The van der Waals surface area contributed by atoms with Crippen LogP contribution in [0.5, 0.6) is 0 Å². The standard InChI is InChI=1S/C24H50O6Si3/c1-22(2,3)31(10,11)28-18-16-17(26-20(18)25)19(29-32(12,13)23(4,5)6)21(27-16)30-33(14,15)24(7,8)9/h16-19,21H,1-15H3/t16-,17-,18-,19+,21-/m0/s1. The lowest BCUT2D eigenvalue weighted by atomic mass is 10.1.